The molecule has 0 aliphatic rings. The SMILES string of the molecule is CC.CCNC(CCCN)CC(C)=O. The summed E-state index contributed by atoms with van der Waals surface area (Å²) in [5.41, 5.74) is 5.39. The van der Waals surface area contributed by atoms with Gasteiger partial charge in [-0.3, -0.25) is 4.79 Å². The highest BCUT2D eigenvalue weighted by Crippen LogP contribution is 2.01. The van der Waals surface area contributed by atoms with Crippen LogP contribution in [0.3, 0.4) is 0 Å². The Morgan fingerprint density at radius 1 is 1.43 bits per heavy atom. The Labute approximate surface area is 88.4 Å². The van der Waals surface area contributed by atoms with Crippen molar-refractivity contribution in [3.05, 3.63) is 0 Å². The number of Topliss-reactive ketones (excluding diaryl/α,β-unsaturated/α-hetero) is 1. The van der Waals surface area contributed by atoms with Crippen LogP contribution in [-0.2, 0) is 4.79 Å². The summed E-state index contributed by atoms with van der Waals surface area (Å²) in [6.07, 6.45) is 2.63. The van der Waals surface area contributed by atoms with E-state index in [0.29, 0.717) is 19.0 Å². The van der Waals surface area contributed by atoms with Gasteiger partial charge in [0.2, 0.25) is 0 Å². The van der Waals surface area contributed by atoms with Crippen molar-refractivity contribution in [2.24, 2.45) is 5.73 Å². The molecule has 0 aliphatic carbocycles. The van der Waals surface area contributed by atoms with Crippen molar-refractivity contribution in [2.75, 3.05) is 13.1 Å². The molecule has 0 saturated heterocycles. The average molecular weight is 202 g/mol. The smallest absolute Gasteiger partial charge is 0.131 e. The molecule has 0 amide bonds. The summed E-state index contributed by atoms with van der Waals surface area (Å²) in [5, 5.41) is 3.27. The number of ketones is 1. The van der Waals surface area contributed by atoms with Crippen molar-refractivity contribution in [3.63, 3.8) is 0 Å². The Morgan fingerprint density at radius 3 is 2.36 bits per heavy atom. The van der Waals surface area contributed by atoms with E-state index >= 15 is 0 Å². The third-order valence-electron chi connectivity index (χ3n) is 1.78. The Bertz CT molecular complexity index is 126. The van der Waals surface area contributed by atoms with Gasteiger partial charge in [0.25, 0.3) is 0 Å². The van der Waals surface area contributed by atoms with E-state index in [4.69, 9.17) is 5.73 Å². The molecule has 0 saturated carbocycles. The largest absolute Gasteiger partial charge is 0.330 e. The highest BCUT2D eigenvalue weighted by molar-refractivity contribution is 5.76. The summed E-state index contributed by atoms with van der Waals surface area (Å²) in [6.45, 7) is 9.31. The Hall–Kier alpha value is -0.410. The second-order valence-electron chi connectivity index (χ2n) is 3.09. The molecule has 0 aromatic rings. The molecule has 0 spiro atoms. The van der Waals surface area contributed by atoms with E-state index in [1.807, 2.05) is 13.8 Å². The maximum Gasteiger partial charge on any atom is 0.131 e. The Kier molecular flexibility index (Phi) is 14.4. The first-order chi connectivity index (χ1) is 6.70. The predicted molar refractivity (Wildman–Crippen MR) is 62.4 cm³/mol. The van der Waals surface area contributed by atoms with Crippen molar-refractivity contribution in [3.8, 4) is 0 Å². The lowest BCUT2D eigenvalue weighted by atomic mass is 10.1. The summed E-state index contributed by atoms with van der Waals surface area (Å²) in [6, 6.07) is 0.330. The zero-order valence-electron chi connectivity index (χ0n) is 10.1. The fourth-order valence-corrected chi connectivity index (χ4v) is 1.28. The van der Waals surface area contributed by atoms with E-state index in [1.165, 1.54) is 0 Å². The van der Waals surface area contributed by atoms with Crippen molar-refractivity contribution in [1.29, 1.82) is 0 Å². The number of carbonyl (C=O) groups excluding carboxylic acids is 1. The van der Waals surface area contributed by atoms with Crippen LogP contribution in [0.15, 0.2) is 0 Å². The van der Waals surface area contributed by atoms with E-state index < -0.39 is 0 Å². The summed E-state index contributed by atoms with van der Waals surface area (Å²) in [5.74, 6) is 0.248. The lowest BCUT2D eigenvalue weighted by Gasteiger charge is -2.15. The quantitative estimate of drug-likeness (QED) is 0.661. The first kappa shape index (κ1) is 16.0. The molecule has 1 unspecified atom stereocenters. The molecule has 0 radical (unpaired) electrons. The number of hydrogen-bond donors (Lipinski definition) is 2. The van der Waals surface area contributed by atoms with Crippen molar-refractivity contribution < 1.29 is 4.79 Å². The Balaban J connectivity index is 0. The maximum absolute atomic E-state index is 10.8. The molecule has 3 nitrogen and oxygen atoms in total. The number of hydrogen-bond acceptors (Lipinski definition) is 3. The lowest BCUT2D eigenvalue weighted by molar-refractivity contribution is -0.117. The van der Waals surface area contributed by atoms with E-state index in [0.717, 1.165) is 19.4 Å². The third-order valence-corrected chi connectivity index (χ3v) is 1.78. The Morgan fingerprint density at radius 2 is 2.00 bits per heavy atom. The molecule has 0 bridgehead atoms. The van der Waals surface area contributed by atoms with Gasteiger partial charge in [0, 0.05) is 12.5 Å². The monoisotopic (exact) mass is 202 g/mol. The van der Waals surface area contributed by atoms with Gasteiger partial charge >= 0.3 is 0 Å². The molecule has 0 rings (SSSR count). The second-order valence-corrected chi connectivity index (χ2v) is 3.09. The van der Waals surface area contributed by atoms with Crippen LogP contribution in [0.4, 0.5) is 0 Å². The molecule has 86 valence electrons. The molecule has 0 aliphatic heterocycles. The first-order valence-corrected chi connectivity index (χ1v) is 5.63. The van der Waals surface area contributed by atoms with E-state index in [9.17, 15) is 4.79 Å². The van der Waals surface area contributed by atoms with Gasteiger partial charge in [-0.1, -0.05) is 20.8 Å². The molecule has 3 heteroatoms. The van der Waals surface area contributed by atoms with Crippen LogP contribution in [0.2, 0.25) is 0 Å². The van der Waals surface area contributed by atoms with Gasteiger partial charge in [-0.2, -0.15) is 0 Å². The molecule has 14 heavy (non-hydrogen) atoms. The van der Waals surface area contributed by atoms with Crippen LogP contribution < -0.4 is 11.1 Å². The lowest BCUT2D eigenvalue weighted by Crippen LogP contribution is -2.31. The van der Waals surface area contributed by atoms with Gasteiger partial charge in [0.15, 0.2) is 0 Å². The third kappa shape index (κ3) is 11.6. The molecule has 0 aromatic carbocycles. The van der Waals surface area contributed by atoms with E-state index in [-0.39, 0.29) is 5.78 Å². The predicted octanol–water partition coefficient (Wildman–Crippen LogP) is 1.71. The maximum atomic E-state index is 10.8. The first-order valence-electron chi connectivity index (χ1n) is 5.63. The van der Waals surface area contributed by atoms with Gasteiger partial charge in [-0.05, 0) is 32.9 Å². The molecule has 0 aromatic heterocycles. The van der Waals surface area contributed by atoms with E-state index in [2.05, 4.69) is 12.2 Å². The fourth-order valence-electron chi connectivity index (χ4n) is 1.28. The summed E-state index contributed by atoms with van der Waals surface area (Å²) in [7, 11) is 0. The van der Waals surface area contributed by atoms with Gasteiger partial charge < -0.3 is 11.1 Å². The zero-order chi connectivity index (χ0) is 11.4. The molecule has 0 heterocycles. The van der Waals surface area contributed by atoms with E-state index in [1.54, 1.807) is 6.92 Å². The summed E-state index contributed by atoms with van der Waals surface area (Å²) in [4.78, 5) is 10.8. The summed E-state index contributed by atoms with van der Waals surface area (Å²) >= 11 is 0. The minimum atomic E-state index is 0.248. The number of nitrogens with one attached hydrogen (secondary N) is 1. The van der Waals surface area contributed by atoms with Crippen molar-refractivity contribution >= 4 is 5.78 Å². The van der Waals surface area contributed by atoms with Crippen LogP contribution in [0.25, 0.3) is 0 Å². The normalized spacial score (nSPS) is 11.5. The average Bonchev–Trinajstić information content (AvgIpc) is 2.17. The fraction of sp³-hybridized carbons (Fsp3) is 0.909. The highest BCUT2D eigenvalue weighted by atomic mass is 16.1. The van der Waals surface area contributed by atoms with Crippen LogP contribution in [-0.4, -0.2) is 24.9 Å². The van der Waals surface area contributed by atoms with Crippen LogP contribution in [0.1, 0.15) is 47.0 Å². The summed E-state index contributed by atoms with van der Waals surface area (Å²) < 4.78 is 0. The topological polar surface area (TPSA) is 55.1 Å². The van der Waals surface area contributed by atoms with Gasteiger partial charge in [0.05, 0.1) is 0 Å². The molecular weight excluding hydrogens is 176 g/mol. The van der Waals surface area contributed by atoms with Crippen LogP contribution in [0, 0.1) is 0 Å². The van der Waals surface area contributed by atoms with Crippen molar-refractivity contribution in [1.82, 2.24) is 5.32 Å². The van der Waals surface area contributed by atoms with Crippen molar-refractivity contribution in [2.45, 2.75) is 53.0 Å². The number of carbonyl (C=O) groups is 1. The number of rotatable bonds is 7. The van der Waals surface area contributed by atoms with Crippen LogP contribution in [0.5, 0.6) is 0 Å². The van der Waals surface area contributed by atoms with Crippen LogP contribution >= 0.6 is 0 Å². The minimum Gasteiger partial charge on any atom is -0.330 e. The molecular formula is C11H26N2O. The molecule has 3 N–H and O–H groups in total. The van der Waals surface area contributed by atoms with Gasteiger partial charge in [0.1, 0.15) is 5.78 Å². The highest BCUT2D eigenvalue weighted by Gasteiger charge is 2.08. The number of nitrogens with two attached hydrogens (primary N) is 1. The minimum absolute atomic E-state index is 0.248. The molecule has 1 atom stereocenters. The zero-order valence-corrected chi connectivity index (χ0v) is 10.1. The standard InChI is InChI=1S/C9H20N2O.C2H6/c1-3-11-9(5-4-6-10)7-8(2)12;1-2/h9,11H,3-7,10H2,1-2H3;1-2H3. The second kappa shape index (κ2) is 12.6. The molecule has 0 fully saturated rings. The van der Waals surface area contributed by atoms with Gasteiger partial charge in [-0.15, -0.1) is 0 Å². The van der Waals surface area contributed by atoms with Gasteiger partial charge in [-0.25, -0.2) is 0 Å².